The fraction of sp³-hybridized carbons (Fsp3) is 1.00. The van der Waals surface area contributed by atoms with E-state index in [4.69, 9.17) is 0 Å². The van der Waals surface area contributed by atoms with Crippen molar-refractivity contribution < 1.29 is 0 Å². The van der Waals surface area contributed by atoms with Crippen molar-refractivity contribution in [2.45, 2.75) is 36.6 Å². The van der Waals surface area contributed by atoms with Gasteiger partial charge < -0.3 is 0 Å². The van der Waals surface area contributed by atoms with Crippen LogP contribution in [0.5, 0.6) is 0 Å². The fourth-order valence-corrected chi connectivity index (χ4v) is 2.87. The second kappa shape index (κ2) is 6.64. The summed E-state index contributed by atoms with van der Waals surface area (Å²) in [5.74, 6) is 0. The standard InChI is InChI=1S/2C3H7.Ga/c2*1-3-2;/h2*1,3H2,2H3;. The van der Waals surface area contributed by atoms with E-state index >= 15 is 0 Å². The zero-order valence-corrected chi connectivity index (χ0v) is 7.83. The molecule has 0 bridgehead atoms. The normalized spacial score (nSPS) is 8.86. The van der Waals surface area contributed by atoms with E-state index in [9.17, 15) is 0 Å². The summed E-state index contributed by atoms with van der Waals surface area (Å²) in [5, 5.41) is 0. The van der Waals surface area contributed by atoms with Crippen molar-refractivity contribution in [2.75, 3.05) is 0 Å². The number of rotatable bonds is 4. The molecule has 0 aromatic carbocycles. The topological polar surface area (TPSA) is 0 Å². The summed E-state index contributed by atoms with van der Waals surface area (Å²) in [6.07, 6.45) is 2.86. The van der Waals surface area contributed by atoms with Crippen molar-refractivity contribution in [1.82, 2.24) is 0 Å². The van der Waals surface area contributed by atoms with Gasteiger partial charge in [-0.05, 0) is 0 Å². The Balaban J connectivity index is 2.45. The van der Waals surface area contributed by atoms with E-state index in [-0.39, 0.29) is 17.4 Å². The van der Waals surface area contributed by atoms with Crippen molar-refractivity contribution in [2.24, 2.45) is 0 Å². The molecule has 0 spiro atoms. The quantitative estimate of drug-likeness (QED) is 0.432. The van der Waals surface area contributed by atoms with Crippen molar-refractivity contribution in [3.63, 3.8) is 0 Å². The molecule has 0 saturated heterocycles. The van der Waals surface area contributed by atoms with Crippen LogP contribution in [0.25, 0.3) is 0 Å². The third kappa shape index (κ3) is 6.64. The molecule has 1 heteroatoms. The van der Waals surface area contributed by atoms with Crippen LogP contribution in [-0.2, 0) is 0 Å². The SMILES string of the molecule is CC[CH2][Ga][CH2]CC. The Morgan fingerprint density at radius 2 is 1.43 bits per heavy atom. The minimum absolute atomic E-state index is 0.283. The first kappa shape index (κ1) is 7.64. The van der Waals surface area contributed by atoms with Gasteiger partial charge in [0.1, 0.15) is 0 Å². The molecule has 0 amide bonds. The Kier molecular flexibility index (Phi) is 7.24. The van der Waals surface area contributed by atoms with E-state index in [1.165, 1.54) is 12.8 Å². The van der Waals surface area contributed by atoms with E-state index in [2.05, 4.69) is 13.8 Å². The maximum atomic E-state index is 2.28. The number of hydrogen-bond acceptors (Lipinski definition) is 0. The summed E-state index contributed by atoms with van der Waals surface area (Å²) in [4.78, 5) is 3.16. The zero-order chi connectivity index (χ0) is 5.54. The van der Waals surface area contributed by atoms with Crippen LogP contribution in [0.15, 0.2) is 0 Å². The first-order valence-corrected chi connectivity index (χ1v) is 6.66. The molecule has 0 aliphatic heterocycles. The molecule has 0 atom stereocenters. The Bertz CT molecular complexity index is 23.4. The third-order valence-corrected chi connectivity index (χ3v) is 5.12. The average Bonchev–Trinajstić information content (AvgIpc) is 1.69. The van der Waals surface area contributed by atoms with Gasteiger partial charge in [0.2, 0.25) is 0 Å². The molecule has 7 heavy (non-hydrogen) atoms. The second-order valence-electron chi connectivity index (χ2n) is 1.87. The van der Waals surface area contributed by atoms with E-state index in [1.807, 2.05) is 0 Å². The molecule has 41 valence electrons. The summed E-state index contributed by atoms with van der Waals surface area (Å²) in [5.41, 5.74) is 0. The first-order chi connectivity index (χ1) is 3.41. The van der Waals surface area contributed by atoms with Crippen LogP contribution in [0.4, 0.5) is 0 Å². The predicted octanol–water partition coefficient (Wildman–Crippen LogP) is 2.35. The molecule has 0 nitrogen and oxygen atoms in total. The Morgan fingerprint density at radius 3 is 1.71 bits per heavy atom. The molecule has 0 aliphatic rings. The van der Waals surface area contributed by atoms with Gasteiger partial charge in [-0.2, -0.15) is 0 Å². The van der Waals surface area contributed by atoms with Gasteiger partial charge in [-0.3, -0.25) is 0 Å². The van der Waals surface area contributed by atoms with Gasteiger partial charge in [0.05, 0.1) is 0 Å². The van der Waals surface area contributed by atoms with Gasteiger partial charge in [-0.1, -0.05) is 0 Å². The molecule has 0 rings (SSSR count). The maximum absolute atomic E-state index is 2.28. The van der Waals surface area contributed by atoms with Crippen LogP contribution < -0.4 is 0 Å². The van der Waals surface area contributed by atoms with Gasteiger partial charge in [-0.25, -0.2) is 0 Å². The average molecular weight is 156 g/mol. The van der Waals surface area contributed by atoms with Gasteiger partial charge in [-0.15, -0.1) is 0 Å². The van der Waals surface area contributed by atoms with Gasteiger partial charge in [0.25, 0.3) is 0 Å². The van der Waals surface area contributed by atoms with Crippen molar-refractivity contribution in [3.8, 4) is 0 Å². The molecule has 0 aliphatic carbocycles. The molecular weight excluding hydrogens is 142 g/mol. The van der Waals surface area contributed by atoms with Crippen LogP contribution in [0.3, 0.4) is 0 Å². The summed E-state index contributed by atoms with van der Waals surface area (Å²) < 4.78 is 0. The monoisotopic (exact) mass is 155 g/mol. The minimum atomic E-state index is 0.283. The third-order valence-electron chi connectivity index (χ3n) is 0.986. The summed E-state index contributed by atoms with van der Waals surface area (Å²) in [7, 11) is 0. The van der Waals surface area contributed by atoms with E-state index in [1.54, 1.807) is 9.95 Å². The van der Waals surface area contributed by atoms with Crippen LogP contribution in [0.2, 0.25) is 9.95 Å². The molecule has 0 unspecified atom stereocenters. The molecule has 0 saturated carbocycles. The van der Waals surface area contributed by atoms with Crippen LogP contribution in [0, 0.1) is 0 Å². The second-order valence-corrected chi connectivity index (χ2v) is 5.50. The Morgan fingerprint density at radius 1 is 1.00 bits per heavy atom. The molecule has 0 N–H and O–H groups in total. The Labute approximate surface area is 54.5 Å². The van der Waals surface area contributed by atoms with Gasteiger partial charge in [0, 0.05) is 0 Å². The van der Waals surface area contributed by atoms with Crippen molar-refractivity contribution in [1.29, 1.82) is 0 Å². The van der Waals surface area contributed by atoms with Crippen LogP contribution in [0.1, 0.15) is 26.7 Å². The first-order valence-electron chi connectivity index (χ1n) is 3.23. The van der Waals surface area contributed by atoms with Crippen LogP contribution in [-0.4, -0.2) is 17.4 Å². The molecule has 0 fully saturated rings. The van der Waals surface area contributed by atoms with E-state index < -0.39 is 0 Å². The van der Waals surface area contributed by atoms with Gasteiger partial charge in [0.15, 0.2) is 0 Å². The summed E-state index contributed by atoms with van der Waals surface area (Å²) in [6, 6.07) is 0. The molecule has 0 aromatic heterocycles. The zero-order valence-electron chi connectivity index (χ0n) is 5.41. The molecular formula is C6H14Ga. The van der Waals surface area contributed by atoms with Crippen molar-refractivity contribution in [3.05, 3.63) is 0 Å². The Hall–Kier alpha value is 0.636. The molecule has 1 radical (unpaired) electrons. The summed E-state index contributed by atoms with van der Waals surface area (Å²) >= 11 is 0.283. The van der Waals surface area contributed by atoms with E-state index in [0.717, 1.165) is 0 Å². The van der Waals surface area contributed by atoms with E-state index in [0.29, 0.717) is 0 Å². The fourth-order valence-electron chi connectivity index (χ4n) is 0.553. The predicted molar refractivity (Wildman–Crippen MR) is 35.9 cm³/mol. The van der Waals surface area contributed by atoms with Gasteiger partial charge >= 0.3 is 54.0 Å². The molecule has 0 aromatic rings. The number of hydrogen-bond donors (Lipinski definition) is 0. The summed E-state index contributed by atoms with van der Waals surface area (Å²) in [6.45, 7) is 4.57. The molecule has 0 heterocycles. The van der Waals surface area contributed by atoms with Crippen molar-refractivity contribution >= 4 is 17.4 Å². The van der Waals surface area contributed by atoms with Crippen LogP contribution >= 0.6 is 0 Å².